The molecule has 4 rings (SSSR count). The van der Waals surface area contributed by atoms with Crippen molar-refractivity contribution in [1.29, 1.82) is 0 Å². The Balaban J connectivity index is 1.71. The van der Waals surface area contributed by atoms with Crippen LogP contribution >= 0.6 is 11.3 Å². The Labute approximate surface area is 129 Å². The first-order chi connectivity index (χ1) is 10.3. The molecule has 0 radical (unpaired) electrons. The molecule has 3 heteroatoms. The number of hydrogen-bond acceptors (Lipinski definition) is 2. The summed E-state index contributed by atoms with van der Waals surface area (Å²) in [6.45, 7) is 1.18. The molecule has 1 atom stereocenters. The zero-order chi connectivity index (χ0) is 14.2. The molecule has 0 spiro atoms. The van der Waals surface area contributed by atoms with E-state index in [1.807, 2.05) is 0 Å². The molecule has 1 aliphatic rings. The van der Waals surface area contributed by atoms with Crippen LogP contribution in [-0.2, 0) is 13.5 Å². The summed E-state index contributed by atoms with van der Waals surface area (Å²) < 4.78 is 2.35. The Hall–Kier alpha value is -1.58. The summed E-state index contributed by atoms with van der Waals surface area (Å²) in [5.41, 5.74) is 4.10. The molecule has 1 aliphatic heterocycles. The molecule has 0 unspecified atom stereocenters. The van der Waals surface area contributed by atoms with Gasteiger partial charge in [-0.15, -0.1) is 11.3 Å². The quantitative estimate of drug-likeness (QED) is 0.766. The van der Waals surface area contributed by atoms with Gasteiger partial charge in [0.25, 0.3) is 0 Å². The van der Waals surface area contributed by atoms with Crippen molar-refractivity contribution >= 4 is 22.2 Å². The van der Waals surface area contributed by atoms with E-state index < -0.39 is 0 Å². The van der Waals surface area contributed by atoms with Crippen LogP contribution in [-0.4, -0.2) is 17.2 Å². The fraction of sp³-hybridized carbons (Fsp3) is 0.333. The van der Waals surface area contributed by atoms with E-state index in [4.69, 9.17) is 0 Å². The van der Waals surface area contributed by atoms with E-state index in [2.05, 4.69) is 58.7 Å². The first-order valence-corrected chi connectivity index (χ1v) is 8.55. The number of fused-ring (bicyclic) bond motifs is 1. The standard InChI is InChI=1S/C18H20N2S/c1-20-16(12-15-4-2-8-19-15)11-14-10-13(6-7-17(14)20)18-5-3-9-21-18/h3,5-7,9-11,15,19H,2,4,8,12H2,1H3/t15-/m0/s1. The lowest BCUT2D eigenvalue weighted by Gasteiger charge is -2.10. The zero-order valence-corrected chi connectivity index (χ0v) is 13.1. The lowest BCUT2D eigenvalue weighted by molar-refractivity contribution is 0.585. The van der Waals surface area contributed by atoms with Gasteiger partial charge in [0.05, 0.1) is 0 Å². The number of hydrogen-bond donors (Lipinski definition) is 1. The third-order valence-electron chi connectivity index (χ3n) is 4.57. The van der Waals surface area contributed by atoms with Gasteiger partial charge in [-0.2, -0.15) is 0 Å². The Morgan fingerprint density at radius 1 is 1.29 bits per heavy atom. The van der Waals surface area contributed by atoms with Crippen LogP contribution in [0.2, 0.25) is 0 Å². The van der Waals surface area contributed by atoms with Crippen LogP contribution < -0.4 is 5.32 Å². The minimum Gasteiger partial charge on any atom is -0.348 e. The first-order valence-electron chi connectivity index (χ1n) is 7.67. The number of nitrogens with one attached hydrogen (secondary N) is 1. The normalized spacial score (nSPS) is 18.6. The van der Waals surface area contributed by atoms with Gasteiger partial charge in [0.2, 0.25) is 0 Å². The fourth-order valence-electron chi connectivity index (χ4n) is 3.38. The van der Waals surface area contributed by atoms with Gasteiger partial charge in [-0.3, -0.25) is 0 Å². The Morgan fingerprint density at radius 2 is 2.24 bits per heavy atom. The molecule has 3 aromatic rings. The average Bonchev–Trinajstić information content (AvgIpc) is 3.22. The van der Waals surface area contributed by atoms with Gasteiger partial charge in [0.15, 0.2) is 0 Å². The Kier molecular flexibility index (Phi) is 3.32. The molecule has 1 fully saturated rings. The topological polar surface area (TPSA) is 17.0 Å². The highest BCUT2D eigenvalue weighted by molar-refractivity contribution is 7.13. The van der Waals surface area contributed by atoms with E-state index in [-0.39, 0.29) is 0 Å². The predicted octanol–water partition coefficient (Wildman–Crippen LogP) is 4.20. The minimum atomic E-state index is 0.657. The van der Waals surface area contributed by atoms with Crippen molar-refractivity contribution in [1.82, 2.24) is 9.88 Å². The molecular weight excluding hydrogens is 276 g/mol. The van der Waals surface area contributed by atoms with Gasteiger partial charge in [0, 0.05) is 41.0 Å². The van der Waals surface area contributed by atoms with E-state index in [1.165, 1.54) is 46.4 Å². The highest BCUT2D eigenvalue weighted by atomic mass is 32.1. The average molecular weight is 296 g/mol. The van der Waals surface area contributed by atoms with Crippen molar-refractivity contribution in [2.75, 3.05) is 6.54 Å². The van der Waals surface area contributed by atoms with Gasteiger partial charge < -0.3 is 9.88 Å². The van der Waals surface area contributed by atoms with Crippen molar-refractivity contribution in [3.8, 4) is 10.4 Å². The molecule has 2 aromatic heterocycles. The molecule has 21 heavy (non-hydrogen) atoms. The highest BCUT2D eigenvalue weighted by Gasteiger charge is 2.17. The molecule has 1 aromatic carbocycles. The summed E-state index contributed by atoms with van der Waals surface area (Å²) in [6.07, 6.45) is 3.76. The summed E-state index contributed by atoms with van der Waals surface area (Å²) in [6, 6.07) is 14.2. The van der Waals surface area contributed by atoms with Crippen molar-refractivity contribution in [2.24, 2.45) is 7.05 Å². The monoisotopic (exact) mass is 296 g/mol. The van der Waals surface area contributed by atoms with Crippen LogP contribution in [0.25, 0.3) is 21.3 Å². The number of thiophene rings is 1. The van der Waals surface area contributed by atoms with Gasteiger partial charge in [-0.25, -0.2) is 0 Å². The van der Waals surface area contributed by atoms with Crippen molar-refractivity contribution in [3.63, 3.8) is 0 Å². The summed E-state index contributed by atoms with van der Waals surface area (Å²) in [5.74, 6) is 0. The van der Waals surface area contributed by atoms with E-state index in [9.17, 15) is 0 Å². The molecule has 2 nitrogen and oxygen atoms in total. The van der Waals surface area contributed by atoms with Gasteiger partial charge >= 0.3 is 0 Å². The second-order valence-corrected chi connectivity index (χ2v) is 6.89. The fourth-order valence-corrected chi connectivity index (χ4v) is 4.11. The van der Waals surface area contributed by atoms with Gasteiger partial charge in [-0.05, 0) is 54.6 Å². The van der Waals surface area contributed by atoms with Crippen LogP contribution in [0.1, 0.15) is 18.5 Å². The largest absolute Gasteiger partial charge is 0.348 e. The van der Waals surface area contributed by atoms with E-state index in [0.717, 1.165) is 6.42 Å². The number of nitrogens with zero attached hydrogens (tertiary/aromatic N) is 1. The molecule has 0 aliphatic carbocycles. The van der Waals surface area contributed by atoms with Crippen molar-refractivity contribution in [3.05, 3.63) is 47.5 Å². The predicted molar refractivity (Wildman–Crippen MR) is 91.0 cm³/mol. The second kappa shape index (κ2) is 5.32. The maximum absolute atomic E-state index is 3.60. The number of benzene rings is 1. The van der Waals surface area contributed by atoms with E-state index >= 15 is 0 Å². The van der Waals surface area contributed by atoms with Crippen molar-refractivity contribution < 1.29 is 0 Å². The summed E-state index contributed by atoms with van der Waals surface area (Å²) in [5, 5.41) is 7.10. The lowest BCUT2D eigenvalue weighted by Crippen LogP contribution is -2.24. The summed E-state index contributed by atoms with van der Waals surface area (Å²) >= 11 is 1.80. The van der Waals surface area contributed by atoms with Gasteiger partial charge in [0.1, 0.15) is 0 Å². The summed E-state index contributed by atoms with van der Waals surface area (Å²) in [4.78, 5) is 1.35. The highest BCUT2D eigenvalue weighted by Crippen LogP contribution is 2.29. The second-order valence-electron chi connectivity index (χ2n) is 5.94. The molecule has 0 saturated carbocycles. The molecule has 0 bridgehead atoms. The summed E-state index contributed by atoms with van der Waals surface area (Å²) in [7, 11) is 2.19. The third kappa shape index (κ3) is 2.41. The number of aromatic nitrogens is 1. The maximum atomic E-state index is 3.60. The van der Waals surface area contributed by atoms with Crippen LogP contribution in [0, 0.1) is 0 Å². The van der Waals surface area contributed by atoms with E-state index in [0.29, 0.717) is 6.04 Å². The van der Waals surface area contributed by atoms with E-state index in [1.54, 1.807) is 11.3 Å². The SMILES string of the molecule is Cn1c(C[C@@H]2CCCN2)cc2cc(-c3cccs3)ccc21. The lowest BCUT2D eigenvalue weighted by atomic mass is 10.1. The smallest absolute Gasteiger partial charge is 0.0480 e. The van der Waals surface area contributed by atoms with Crippen LogP contribution in [0.3, 0.4) is 0 Å². The van der Waals surface area contributed by atoms with Gasteiger partial charge in [-0.1, -0.05) is 12.1 Å². The Morgan fingerprint density at radius 3 is 3.00 bits per heavy atom. The first kappa shape index (κ1) is 13.1. The number of rotatable bonds is 3. The van der Waals surface area contributed by atoms with Crippen LogP contribution in [0.4, 0.5) is 0 Å². The molecule has 3 heterocycles. The third-order valence-corrected chi connectivity index (χ3v) is 5.48. The molecular formula is C18H20N2S. The molecule has 108 valence electrons. The molecule has 1 saturated heterocycles. The molecule has 0 amide bonds. The van der Waals surface area contributed by atoms with Crippen LogP contribution in [0.15, 0.2) is 41.8 Å². The number of aryl methyl sites for hydroxylation is 1. The Bertz CT molecular complexity index is 749. The maximum Gasteiger partial charge on any atom is 0.0480 e. The minimum absolute atomic E-state index is 0.657. The zero-order valence-electron chi connectivity index (χ0n) is 12.3. The van der Waals surface area contributed by atoms with Crippen LogP contribution in [0.5, 0.6) is 0 Å². The molecule has 1 N–H and O–H groups in total. The van der Waals surface area contributed by atoms with Crippen molar-refractivity contribution in [2.45, 2.75) is 25.3 Å².